The predicted molar refractivity (Wildman–Crippen MR) is 104 cm³/mol. The van der Waals surface area contributed by atoms with Gasteiger partial charge in [-0.2, -0.15) is 0 Å². The van der Waals surface area contributed by atoms with E-state index in [1.54, 1.807) is 24.3 Å². The fourth-order valence-electron chi connectivity index (χ4n) is 2.41. The van der Waals surface area contributed by atoms with Gasteiger partial charge >= 0.3 is 0 Å². The lowest BCUT2D eigenvalue weighted by Gasteiger charge is -2.14. The molecule has 2 N–H and O–H groups in total. The van der Waals surface area contributed by atoms with Crippen molar-refractivity contribution in [1.82, 2.24) is 0 Å². The van der Waals surface area contributed by atoms with Gasteiger partial charge in [0.05, 0.1) is 31.5 Å². The smallest absolute Gasteiger partial charge is 0.255 e. The van der Waals surface area contributed by atoms with E-state index in [9.17, 15) is 9.59 Å². The van der Waals surface area contributed by atoms with Crippen LogP contribution in [-0.4, -0.2) is 32.6 Å². The third-order valence-electron chi connectivity index (χ3n) is 3.55. The van der Waals surface area contributed by atoms with Crippen LogP contribution in [0, 0.1) is 0 Å². The first-order chi connectivity index (χ1) is 12.9. The SMILES string of the molecule is CCOc1c(Cl)cc(C(=O)Nc2ccc(OC)c(NC(C)=O)c2)cc1OC. The Hall–Kier alpha value is -2.93. The van der Waals surface area contributed by atoms with Crippen molar-refractivity contribution in [1.29, 1.82) is 0 Å². The molecule has 0 heterocycles. The van der Waals surface area contributed by atoms with Crippen LogP contribution in [0.1, 0.15) is 24.2 Å². The number of hydrogen-bond acceptors (Lipinski definition) is 5. The first-order valence-electron chi connectivity index (χ1n) is 8.16. The van der Waals surface area contributed by atoms with Crippen molar-refractivity contribution in [2.24, 2.45) is 0 Å². The number of hydrogen-bond donors (Lipinski definition) is 2. The van der Waals surface area contributed by atoms with E-state index in [2.05, 4.69) is 10.6 Å². The van der Waals surface area contributed by atoms with Gasteiger partial charge < -0.3 is 24.8 Å². The number of rotatable bonds is 7. The number of anilines is 2. The number of methoxy groups -OCH3 is 2. The summed E-state index contributed by atoms with van der Waals surface area (Å²) in [6, 6.07) is 7.96. The second kappa shape index (κ2) is 9.14. The van der Waals surface area contributed by atoms with Gasteiger partial charge in [0.1, 0.15) is 5.75 Å². The Morgan fingerprint density at radius 3 is 2.33 bits per heavy atom. The lowest BCUT2D eigenvalue weighted by Crippen LogP contribution is -2.13. The van der Waals surface area contributed by atoms with E-state index in [-0.39, 0.29) is 10.9 Å². The summed E-state index contributed by atoms with van der Waals surface area (Å²) in [5.41, 5.74) is 1.23. The van der Waals surface area contributed by atoms with Crippen LogP contribution in [0.4, 0.5) is 11.4 Å². The lowest BCUT2D eigenvalue weighted by molar-refractivity contribution is -0.114. The zero-order valence-corrected chi connectivity index (χ0v) is 16.3. The summed E-state index contributed by atoms with van der Waals surface area (Å²) in [6.45, 7) is 3.63. The fourth-order valence-corrected chi connectivity index (χ4v) is 2.68. The van der Waals surface area contributed by atoms with E-state index >= 15 is 0 Å². The summed E-state index contributed by atoms with van der Waals surface area (Å²) in [4.78, 5) is 23.9. The lowest BCUT2D eigenvalue weighted by atomic mass is 10.1. The van der Waals surface area contributed by atoms with Gasteiger partial charge in [0.15, 0.2) is 11.5 Å². The molecular formula is C19H21ClN2O5. The highest BCUT2D eigenvalue weighted by Gasteiger charge is 2.16. The zero-order chi connectivity index (χ0) is 20.0. The van der Waals surface area contributed by atoms with Gasteiger partial charge in [-0.05, 0) is 37.3 Å². The Balaban J connectivity index is 2.29. The average molecular weight is 393 g/mol. The Kier molecular flexibility index (Phi) is 6.90. The van der Waals surface area contributed by atoms with E-state index in [0.29, 0.717) is 40.8 Å². The largest absolute Gasteiger partial charge is 0.495 e. The van der Waals surface area contributed by atoms with Crippen molar-refractivity contribution in [3.8, 4) is 17.2 Å². The van der Waals surface area contributed by atoms with Crippen LogP contribution in [-0.2, 0) is 4.79 Å². The monoisotopic (exact) mass is 392 g/mol. The van der Waals surface area contributed by atoms with Gasteiger partial charge in [-0.25, -0.2) is 0 Å². The molecule has 0 unspecified atom stereocenters. The van der Waals surface area contributed by atoms with Crippen LogP contribution in [0.2, 0.25) is 5.02 Å². The van der Waals surface area contributed by atoms with Crippen molar-refractivity contribution < 1.29 is 23.8 Å². The number of carbonyl (C=O) groups excluding carboxylic acids is 2. The van der Waals surface area contributed by atoms with Crippen molar-refractivity contribution in [3.63, 3.8) is 0 Å². The van der Waals surface area contributed by atoms with Gasteiger partial charge in [0, 0.05) is 18.2 Å². The molecule has 27 heavy (non-hydrogen) atoms. The van der Waals surface area contributed by atoms with Gasteiger partial charge in [-0.1, -0.05) is 11.6 Å². The molecule has 0 aromatic heterocycles. The number of carbonyl (C=O) groups is 2. The van der Waals surface area contributed by atoms with Gasteiger partial charge in [-0.3, -0.25) is 9.59 Å². The molecule has 2 amide bonds. The molecule has 0 atom stereocenters. The standard InChI is InChI=1S/C19H21ClN2O5/c1-5-27-18-14(20)8-12(9-17(18)26-4)19(24)22-13-6-7-16(25-3)15(10-13)21-11(2)23/h6-10H,5H2,1-4H3,(H,21,23)(H,22,24). The van der Waals surface area contributed by atoms with Crippen LogP contribution in [0.3, 0.4) is 0 Å². The fraction of sp³-hybridized carbons (Fsp3) is 0.263. The van der Waals surface area contributed by atoms with E-state index < -0.39 is 5.91 Å². The molecule has 0 saturated carbocycles. The molecule has 0 spiro atoms. The summed E-state index contributed by atoms with van der Waals surface area (Å²) < 4.78 is 15.9. The van der Waals surface area contributed by atoms with Crippen molar-refractivity contribution >= 4 is 34.8 Å². The first-order valence-corrected chi connectivity index (χ1v) is 8.54. The summed E-state index contributed by atoms with van der Waals surface area (Å²) >= 11 is 6.21. The minimum atomic E-state index is -0.391. The van der Waals surface area contributed by atoms with Crippen LogP contribution in [0.25, 0.3) is 0 Å². The molecule has 2 aromatic carbocycles. The van der Waals surface area contributed by atoms with Crippen molar-refractivity contribution in [2.45, 2.75) is 13.8 Å². The highest BCUT2D eigenvalue weighted by atomic mass is 35.5. The molecule has 8 heteroatoms. The third kappa shape index (κ3) is 5.04. The van der Waals surface area contributed by atoms with Gasteiger partial charge in [0.2, 0.25) is 5.91 Å². The van der Waals surface area contributed by atoms with E-state index in [1.807, 2.05) is 6.92 Å². The Morgan fingerprint density at radius 2 is 1.74 bits per heavy atom. The van der Waals surface area contributed by atoms with Crippen molar-refractivity contribution in [3.05, 3.63) is 40.9 Å². The topological polar surface area (TPSA) is 85.9 Å². The molecule has 144 valence electrons. The molecular weight excluding hydrogens is 372 g/mol. The van der Waals surface area contributed by atoms with E-state index in [4.69, 9.17) is 25.8 Å². The second-order valence-electron chi connectivity index (χ2n) is 5.47. The van der Waals surface area contributed by atoms with E-state index in [0.717, 1.165) is 0 Å². The van der Waals surface area contributed by atoms with Crippen LogP contribution in [0.15, 0.2) is 30.3 Å². The minimum absolute atomic E-state index is 0.250. The maximum Gasteiger partial charge on any atom is 0.255 e. The maximum atomic E-state index is 12.6. The summed E-state index contributed by atoms with van der Waals surface area (Å²) in [7, 11) is 2.96. The van der Waals surface area contributed by atoms with Gasteiger partial charge in [0.25, 0.3) is 5.91 Å². The molecule has 0 aliphatic rings. The minimum Gasteiger partial charge on any atom is -0.495 e. The normalized spacial score (nSPS) is 10.1. The predicted octanol–water partition coefficient (Wildman–Crippen LogP) is 3.97. The number of halogens is 1. The van der Waals surface area contributed by atoms with Gasteiger partial charge in [-0.15, -0.1) is 0 Å². The highest BCUT2D eigenvalue weighted by Crippen LogP contribution is 2.36. The number of nitrogens with one attached hydrogen (secondary N) is 2. The van der Waals surface area contributed by atoms with Crippen LogP contribution >= 0.6 is 11.6 Å². The summed E-state index contributed by atoms with van der Waals surface area (Å²) in [5, 5.41) is 5.68. The van der Waals surface area contributed by atoms with Crippen LogP contribution < -0.4 is 24.8 Å². The second-order valence-corrected chi connectivity index (χ2v) is 5.88. The quantitative estimate of drug-likeness (QED) is 0.744. The maximum absolute atomic E-state index is 12.6. The summed E-state index contributed by atoms with van der Waals surface area (Å²) in [6.07, 6.45) is 0. The average Bonchev–Trinajstić information content (AvgIpc) is 2.63. The number of benzene rings is 2. The number of amides is 2. The summed E-state index contributed by atoms with van der Waals surface area (Å²) in [5.74, 6) is 0.588. The molecule has 0 fully saturated rings. The molecule has 0 aliphatic carbocycles. The number of ether oxygens (including phenoxy) is 3. The molecule has 0 radical (unpaired) electrons. The Labute approximate surface area is 162 Å². The van der Waals surface area contributed by atoms with E-state index in [1.165, 1.54) is 27.2 Å². The first kappa shape index (κ1) is 20.4. The highest BCUT2D eigenvalue weighted by molar-refractivity contribution is 6.32. The molecule has 7 nitrogen and oxygen atoms in total. The molecule has 0 saturated heterocycles. The third-order valence-corrected chi connectivity index (χ3v) is 3.83. The Morgan fingerprint density at radius 1 is 1.04 bits per heavy atom. The molecule has 0 aliphatic heterocycles. The zero-order valence-electron chi connectivity index (χ0n) is 15.5. The van der Waals surface area contributed by atoms with Crippen molar-refractivity contribution in [2.75, 3.05) is 31.5 Å². The molecule has 2 rings (SSSR count). The molecule has 0 bridgehead atoms. The Bertz CT molecular complexity index is 854. The van der Waals surface area contributed by atoms with Crippen LogP contribution in [0.5, 0.6) is 17.2 Å². The molecule has 2 aromatic rings.